The van der Waals surface area contributed by atoms with Crippen molar-refractivity contribution in [2.24, 2.45) is 0 Å². The van der Waals surface area contributed by atoms with Gasteiger partial charge < -0.3 is 9.47 Å². The van der Waals surface area contributed by atoms with E-state index in [0.29, 0.717) is 5.13 Å². The van der Waals surface area contributed by atoms with Crippen LogP contribution in [0.15, 0.2) is 23.6 Å². The van der Waals surface area contributed by atoms with Gasteiger partial charge in [0.15, 0.2) is 5.13 Å². The highest BCUT2D eigenvalue weighted by Gasteiger charge is 2.17. The van der Waals surface area contributed by atoms with Crippen LogP contribution in [0.2, 0.25) is 0 Å². The minimum absolute atomic E-state index is 0.0906. The number of benzene rings is 1. The van der Waals surface area contributed by atoms with Crippen molar-refractivity contribution >= 4 is 22.4 Å². The van der Waals surface area contributed by atoms with Gasteiger partial charge in [0.1, 0.15) is 12.4 Å². The largest absolute Gasteiger partial charge is 0.496 e. The third-order valence-corrected chi connectivity index (χ3v) is 4.89. The van der Waals surface area contributed by atoms with Gasteiger partial charge in [0.25, 0.3) is 5.91 Å². The monoisotopic (exact) mass is 346 g/mol. The molecule has 0 saturated heterocycles. The fraction of sp³-hybridized carbons (Fsp3) is 0.444. The zero-order valence-electron chi connectivity index (χ0n) is 14.0. The summed E-state index contributed by atoms with van der Waals surface area (Å²) in [7, 11) is 1.64. The lowest BCUT2D eigenvalue weighted by Crippen LogP contribution is -2.21. The lowest BCUT2D eigenvalue weighted by atomic mass is 10.1. The van der Waals surface area contributed by atoms with E-state index in [1.807, 2.05) is 30.5 Å². The molecule has 0 spiro atoms. The summed E-state index contributed by atoms with van der Waals surface area (Å²) in [4.78, 5) is 16.5. The Hall–Kier alpha value is -1.92. The molecule has 0 aliphatic heterocycles. The molecule has 0 radical (unpaired) electrons. The Morgan fingerprint density at radius 3 is 2.92 bits per heavy atom. The molecule has 0 bridgehead atoms. The number of nitrogens with one attached hydrogen (secondary N) is 1. The van der Waals surface area contributed by atoms with Crippen LogP contribution in [0.3, 0.4) is 0 Å². The molecule has 1 aromatic carbocycles. The van der Waals surface area contributed by atoms with E-state index in [1.54, 1.807) is 7.11 Å². The summed E-state index contributed by atoms with van der Waals surface area (Å²) >= 11 is 1.40. The molecule has 1 fully saturated rings. The highest BCUT2D eigenvalue weighted by atomic mass is 32.1. The Bertz CT molecular complexity index is 708. The Labute approximate surface area is 146 Å². The Balaban J connectivity index is 1.63. The van der Waals surface area contributed by atoms with Gasteiger partial charge in [-0.1, -0.05) is 24.5 Å². The number of aryl methyl sites for hydroxylation is 1. The van der Waals surface area contributed by atoms with Gasteiger partial charge in [-0.3, -0.25) is 10.1 Å². The molecule has 1 N–H and O–H groups in total. The number of thiazole rings is 1. The van der Waals surface area contributed by atoms with Crippen LogP contribution in [0.4, 0.5) is 5.13 Å². The number of methoxy groups -OCH3 is 1. The van der Waals surface area contributed by atoms with Gasteiger partial charge in [0, 0.05) is 10.9 Å². The molecule has 1 amide bonds. The van der Waals surface area contributed by atoms with Crippen LogP contribution in [0.5, 0.6) is 5.75 Å². The SMILES string of the molecule is COc1ccc(C)cc1-c1csc(NC(=O)COC2CCCC2)n1. The number of nitrogens with zero attached hydrogens (tertiary/aromatic N) is 1. The van der Waals surface area contributed by atoms with E-state index < -0.39 is 0 Å². The van der Waals surface area contributed by atoms with E-state index in [2.05, 4.69) is 10.3 Å². The summed E-state index contributed by atoms with van der Waals surface area (Å²) < 4.78 is 11.0. The molecule has 0 atom stereocenters. The van der Waals surface area contributed by atoms with Gasteiger partial charge >= 0.3 is 0 Å². The second-order valence-electron chi connectivity index (χ2n) is 6.01. The molecule has 1 aromatic heterocycles. The summed E-state index contributed by atoms with van der Waals surface area (Å²) in [6.45, 7) is 2.12. The van der Waals surface area contributed by atoms with Gasteiger partial charge in [-0.05, 0) is 31.9 Å². The molecule has 128 valence electrons. The van der Waals surface area contributed by atoms with Gasteiger partial charge in [0.2, 0.25) is 0 Å². The van der Waals surface area contributed by atoms with Crippen LogP contribution in [-0.2, 0) is 9.53 Å². The van der Waals surface area contributed by atoms with E-state index in [1.165, 1.54) is 24.2 Å². The van der Waals surface area contributed by atoms with Gasteiger partial charge in [0.05, 0.1) is 18.9 Å². The standard InChI is InChI=1S/C18H22N2O3S/c1-12-7-8-16(22-2)14(9-12)15-11-24-18(19-15)20-17(21)10-23-13-5-3-4-6-13/h7-9,11,13H,3-6,10H2,1-2H3,(H,19,20,21). The van der Waals surface area contributed by atoms with Crippen molar-refractivity contribution in [2.45, 2.75) is 38.7 Å². The lowest BCUT2D eigenvalue weighted by molar-refractivity contribution is -0.122. The maximum atomic E-state index is 12.0. The van der Waals surface area contributed by atoms with Gasteiger partial charge in [-0.25, -0.2) is 4.98 Å². The summed E-state index contributed by atoms with van der Waals surface area (Å²) in [5.41, 5.74) is 2.86. The molecule has 2 aromatic rings. The predicted molar refractivity (Wildman–Crippen MR) is 95.7 cm³/mol. The Morgan fingerprint density at radius 1 is 1.38 bits per heavy atom. The second-order valence-corrected chi connectivity index (χ2v) is 6.87. The van der Waals surface area contributed by atoms with E-state index in [0.717, 1.165) is 35.4 Å². The van der Waals surface area contributed by atoms with E-state index in [4.69, 9.17) is 9.47 Å². The summed E-state index contributed by atoms with van der Waals surface area (Å²) in [5.74, 6) is 0.618. The van der Waals surface area contributed by atoms with Crippen LogP contribution in [0, 0.1) is 6.92 Å². The maximum Gasteiger partial charge on any atom is 0.252 e. The van der Waals surface area contributed by atoms with Crippen LogP contribution < -0.4 is 10.1 Å². The molecule has 3 rings (SSSR count). The summed E-state index contributed by atoms with van der Waals surface area (Å²) in [6, 6.07) is 5.96. The zero-order chi connectivity index (χ0) is 16.9. The zero-order valence-corrected chi connectivity index (χ0v) is 14.8. The van der Waals surface area contributed by atoms with Gasteiger partial charge in [-0.15, -0.1) is 11.3 Å². The first-order valence-corrected chi connectivity index (χ1v) is 9.05. The number of ether oxygens (including phenoxy) is 2. The molecule has 1 saturated carbocycles. The molecule has 1 aliphatic carbocycles. The molecule has 1 aliphatic rings. The van der Waals surface area contributed by atoms with E-state index >= 15 is 0 Å². The number of carbonyl (C=O) groups excluding carboxylic acids is 1. The quantitative estimate of drug-likeness (QED) is 0.858. The van der Waals surface area contributed by atoms with Crippen molar-refractivity contribution in [3.05, 3.63) is 29.1 Å². The molecule has 0 unspecified atom stereocenters. The average molecular weight is 346 g/mol. The fourth-order valence-electron chi connectivity index (χ4n) is 2.88. The van der Waals surface area contributed by atoms with Crippen molar-refractivity contribution in [1.82, 2.24) is 4.98 Å². The first kappa shape index (κ1) is 16.9. The normalized spacial score (nSPS) is 14.8. The summed E-state index contributed by atoms with van der Waals surface area (Å²) in [5, 5.41) is 5.31. The van der Waals surface area contributed by atoms with Crippen molar-refractivity contribution in [2.75, 3.05) is 19.0 Å². The average Bonchev–Trinajstić information content (AvgIpc) is 3.24. The second kappa shape index (κ2) is 7.77. The number of rotatable bonds is 6. The van der Waals surface area contributed by atoms with E-state index in [-0.39, 0.29) is 18.6 Å². The van der Waals surface area contributed by atoms with Crippen LogP contribution >= 0.6 is 11.3 Å². The van der Waals surface area contributed by atoms with Crippen molar-refractivity contribution < 1.29 is 14.3 Å². The molecule has 5 nitrogen and oxygen atoms in total. The van der Waals surface area contributed by atoms with Crippen molar-refractivity contribution in [3.63, 3.8) is 0 Å². The summed E-state index contributed by atoms with van der Waals surface area (Å²) in [6.07, 6.45) is 4.74. The predicted octanol–water partition coefficient (Wildman–Crippen LogP) is 4.02. The molecular formula is C18H22N2O3S. The molecule has 24 heavy (non-hydrogen) atoms. The molecule has 6 heteroatoms. The first-order valence-electron chi connectivity index (χ1n) is 8.17. The number of hydrogen-bond donors (Lipinski definition) is 1. The Kier molecular flexibility index (Phi) is 5.48. The van der Waals surface area contributed by atoms with Crippen LogP contribution in [0.25, 0.3) is 11.3 Å². The van der Waals surface area contributed by atoms with Crippen LogP contribution in [0.1, 0.15) is 31.2 Å². The fourth-order valence-corrected chi connectivity index (χ4v) is 3.61. The van der Waals surface area contributed by atoms with E-state index in [9.17, 15) is 4.79 Å². The number of amides is 1. The molecular weight excluding hydrogens is 324 g/mol. The number of hydrogen-bond acceptors (Lipinski definition) is 5. The Morgan fingerprint density at radius 2 is 2.17 bits per heavy atom. The highest BCUT2D eigenvalue weighted by Crippen LogP contribution is 2.33. The van der Waals surface area contributed by atoms with Crippen molar-refractivity contribution in [3.8, 4) is 17.0 Å². The van der Waals surface area contributed by atoms with Gasteiger partial charge in [-0.2, -0.15) is 0 Å². The number of anilines is 1. The smallest absolute Gasteiger partial charge is 0.252 e. The maximum absolute atomic E-state index is 12.0. The number of aromatic nitrogens is 1. The highest BCUT2D eigenvalue weighted by molar-refractivity contribution is 7.14. The molecule has 1 heterocycles. The van der Waals surface area contributed by atoms with Crippen molar-refractivity contribution in [1.29, 1.82) is 0 Å². The third kappa shape index (κ3) is 4.13. The first-order chi connectivity index (χ1) is 11.7. The minimum atomic E-state index is -0.154. The number of carbonyl (C=O) groups is 1. The third-order valence-electron chi connectivity index (χ3n) is 4.13. The van der Waals surface area contributed by atoms with Crippen LogP contribution in [-0.4, -0.2) is 30.7 Å². The topological polar surface area (TPSA) is 60.5 Å². The minimum Gasteiger partial charge on any atom is -0.496 e. The lowest BCUT2D eigenvalue weighted by Gasteiger charge is -2.10.